The lowest BCUT2D eigenvalue weighted by Crippen LogP contribution is -2.60. The molecular weight excluding hydrogens is 791 g/mol. The summed E-state index contributed by atoms with van der Waals surface area (Å²) < 4.78 is 11.2. The van der Waals surface area contributed by atoms with Crippen molar-refractivity contribution in [2.45, 2.75) is 262 Å². The second-order valence-corrected chi connectivity index (χ2v) is 17.9. The second-order valence-electron chi connectivity index (χ2n) is 17.9. The zero-order valence-corrected chi connectivity index (χ0v) is 40.3. The summed E-state index contributed by atoms with van der Waals surface area (Å²) in [5.74, 6) is -0.148. The predicted octanol–water partition coefficient (Wildman–Crippen LogP) is 12.0. The Bertz CT molecular complexity index is 1170. The molecule has 7 unspecified atom stereocenters. The Morgan fingerprint density at radius 1 is 0.556 bits per heavy atom. The molecule has 1 aliphatic rings. The van der Waals surface area contributed by atoms with E-state index < -0.39 is 49.5 Å². The van der Waals surface area contributed by atoms with Crippen LogP contribution in [0.2, 0.25) is 0 Å². The highest BCUT2D eigenvalue weighted by Crippen LogP contribution is 2.23. The molecule has 1 heterocycles. The van der Waals surface area contributed by atoms with Crippen molar-refractivity contribution >= 4 is 5.91 Å². The van der Waals surface area contributed by atoms with E-state index in [4.69, 9.17) is 9.47 Å². The van der Waals surface area contributed by atoms with Gasteiger partial charge in [-0.3, -0.25) is 4.79 Å². The average molecular weight is 888 g/mol. The van der Waals surface area contributed by atoms with E-state index in [0.717, 1.165) is 70.6 Å². The molecule has 1 fully saturated rings. The summed E-state index contributed by atoms with van der Waals surface area (Å²) in [5.41, 5.74) is 0. The highest BCUT2D eigenvalue weighted by molar-refractivity contribution is 5.76. The lowest BCUT2D eigenvalue weighted by Gasteiger charge is -2.40. The molecule has 0 aromatic rings. The van der Waals surface area contributed by atoms with Crippen molar-refractivity contribution in [2.75, 3.05) is 13.2 Å². The highest BCUT2D eigenvalue weighted by Gasteiger charge is 2.44. The third-order valence-electron chi connectivity index (χ3n) is 12.1. The van der Waals surface area contributed by atoms with Crippen LogP contribution in [0.3, 0.4) is 0 Å². The molecule has 9 nitrogen and oxygen atoms in total. The Morgan fingerprint density at radius 3 is 1.46 bits per heavy atom. The molecule has 9 heteroatoms. The third kappa shape index (κ3) is 33.9. The van der Waals surface area contributed by atoms with Crippen LogP contribution in [-0.2, 0) is 14.3 Å². The van der Waals surface area contributed by atoms with Crippen molar-refractivity contribution in [2.24, 2.45) is 0 Å². The van der Waals surface area contributed by atoms with Gasteiger partial charge in [-0.05, 0) is 57.8 Å². The Labute approximate surface area is 386 Å². The SMILES string of the molecule is CC/C=C\C/C=C\C/C=C\C/C=C\C/C=C\CCCCCCCCCCCCCCCCCC(=O)NC(COC1OC(CO)C(O)C(O)C1O)C(O)CCCCCCCCCCC. The fraction of sp³-hybridized carbons (Fsp3) is 0.796. The molecular formula is C54H97NO8. The van der Waals surface area contributed by atoms with Gasteiger partial charge in [0.25, 0.3) is 0 Å². The molecule has 7 atom stereocenters. The van der Waals surface area contributed by atoms with E-state index in [1.165, 1.54) is 122 Å². The summed E-state index contributed by atoms with van der Waals surface area (Å²) in [7, 11) is 0. The van der Waals surface area contributed by atoms with E-state index in [0.29, 0.717) is 12.8 Å². The molecule has 1 saturated heterocycles. The molecule has 0 spiro atoms. The number of nitrogens with one attached hydrogen (secondary N) is 1. The lowest BCUT2D eigenvalue weighted by molar-refractivity contribution is -0.302. The molecule has 1 amide bonds. The monoisotopic (exact) mass is 888 g/mol. The molecule has 0 aromatic carbocycles. The van der Waals surface area contributed by atoms with E-state index >= 15 is 0 Å². The van der Waals surface area contributed by atoms with Crippen LogP contribution in [0.25, 0.3) is 0 Å². The number of unbranched alkanes of at least 4 members (excludes halogenated alkanes) is 23. The molecule has 366 valence electrons. The minimum absolute atomic E-state index is 0.139. The summed E-state index contributed by atoms with van der Waals surface area (Å²) in [6, 6.07) is -0.718. The van der Waals surface area contributed by atoms with Gasteiger partial charge in [0.2, 0.25) is 5.91 Å². The molecule has 63 heavy (non-hydrogen) atoms. The Kier molecular flexibility index (Phi) is 40.9. The normalized spacial score (nSPS) is 20.7. The van der Waals surface area contributed by atoms with Gasteiger partial charge in [0.15, 0.2) is 6.29 Å². The average Bonchev–Trinajstić information content (AvgIpc) is 3.28. The molecule has 6 N–H and O–H groups in total. The number of ether oxygens (including phenoxy) is 2. The largest absolute Gasteiger partial charge is 0.394 e. The number of amides is 1. The van der Waals surface area contributed by atoms with Gasteiger partial charge in [-0.2, -0.15) is 0 Å². The van der Waals surface area contributed by atoms with E-state index in [9.17, 15) is 30.3 Å². The van der Waals surface area contributed by atoms with Gasteiger partial charge < -0.3 is 40.3 Å². The number of carbonyl (C=O) groups excluding carboxylic acids is 1. The first-order valence-corrected chi connectivity index (χ1v) is 26.0. The molecule has 0 aromatic heterocycles. The van der Waals surface area contributed by atoms with E-state index in [1.54, 1.807) is 0 Å². The van der Waals surface area contributed by atoms with E-state index in [-0.39, 0.29) is 12.5 Å². The number of allylic oxidation sites excluding steroid dienone is 10. The number of aliphatic hydroxyl groups is 5. The van der Waals surface area contributed by atoms with Crippen molar-refractivity contribution in [3.05, 3.63) is 60.8 Å². The fourth-order valence-electron chi connectivity index (χ4n) is 8.01. The number of rotatable bonds is 43. The van der Waals surface area contributed by atoms with Crippen LogP contribution < -0.4 is 5.32 Å². The van der Waals surface area contributed by atoms with Crippen molar-refractivity contribution in [1.29, 1.82) is 0 Å². The van der Waals surface area contributed by atoms with Crippen LogP contribution in [0, 0.1) is 0 Å². The fourth-order valence-corrected chi connectivity index (χ4v) is 8.01. The van der Waals surface area contributed by atoms with Gasteiger partial charge in [-0.15, -0.1) is 0 Å². The zero-order chi connectivity index (χ0) is 45.9. The van der Waals surface area contributed by atoms with Crippen LogP contribution in [0.5, 0.6) is 0 Å². The maximum Gasteiger partial charge on any atom is 0.220 e. The second kappa shape index (κ2) is 43.8. The summed E-state index contributed by atoms with van der Waals surface area (Å²) in [6.45, 7) is 3.69. The molecule has 1 aliphatic heterocycles. The van der Waals surface area contributed by atoms with Gasteiger partial charge in [0.05, 0.1) is 25.4 Å². The number of aliphatic hydroxyl groups excluding tert-OH is 5. The minimum atomic E-state index is -1.55. The molecule has 0 aliphatic carbocycles. The number of hydrogen-bond donors (Lipinski definition) is 6. The third-order valence-corrected chi connectivity index (χ3v) is 12.1. The predicted molar refractivity (Wildman–Crippen MR) is 262 cm³/mol. The Hall–Kier alpha value is -2.11. The topological polar surface area (TPSA) is 149 Å². The smallest absolute Gasteiger partial charge is 0.220 e. The van der Waals surface area contributed by atoms with E-state index in [1.807, 2.05) is 0 Å². The van der Waals surface area contributed by atoms with Crippen LogP contribution in [-0.4, -0.2) is 87.5 Å². The van der Waals surface area contributed by atoms with Crippen LogP contribution in [0.15, 0.2) is 60.8 Å². The van der Waals surface area contributed by atoms with Crippen LogP contribution in [0.1, 0.15) is 219 Å². The summed E-state index contributed by atoms with van der Waals surface area (Å²) >= 11 is 0. The Morgan fingerprint density at radius 2 is 0.984 bits per heavy atom. The van der Waals surface area contributed by atoms with Crippen molar-refractivity contribution in [3.8, 4) is 0 Å². The first-order chi connectivity index (χ1) is 30.8. The quantitative estimate of drug-likeness (QED) is 0.0262. The summed E-state index contributed by atoms with van der Waals surface area (Å²) in [6.07, 6.45) is 51.2. The molecule has 0 radical (unpaired) electrons. The Balaban J connectivity index is 2.11. The molecule has 1 rings (SSSR count). The molecule has 0 bridgehead atoms. The van der Waals surface area contributed by atoms with Gasteiger partial charge >= 0.3 is 0 Å². The van der Waals surface area contributed by atoms with Gasteiger partial charge in [0.1, 0.15) is 24.4 Å². The zero-order valence-electron chi connectivity index (χ0n) is 40.3. The highest BCUT2D eigenvalue weighted by atomic mass is 16.7. The lowest BCUT2D eigenvalue weighted by atomic mass is 9.99. The first-order valence-electron chi connectivity index (χ1n) is 26.0. The summed E-state index contributed by atoms with van der Waals surface area (Å²) in [4.78, 5) is 13.0. The van der Waals surface area contributed by atoms with Gasteiger partial charge in [0, 0.05) is 6.42 Å². The minimum Gasteiger partial charge on any atom is -0.394 e. The van der Waals surface area contributed by atoms with E-state index in [2.05, 4.69) is 79.9 Å². The van der Waals surface area contributed by atoms with Crippen molar-refractivity contribution in [3.63, 3.8) is 0 Å². The number of hydrogen-bond acceptors (Lipinski definition) is 8. The standard InChI is InChI=1S/C54H97NO8/c1-3-5-7-9-11-13-14-15-16-17-18-19-20-21-22-23-24-25-26-27-28-29-30-31-32-33-34-36-38-40-42-44-50(58)55-47(48(57)43-41-39-37-35-12-10-8-6-4-2)46-62-54-53(61)52(60)51(59)49(45-56)63-54/h5,7,11,13,15-16,18-19,21-22,47-49,51-54,56-57,59-61H,3-4,6,8-10,12,14,17,20,23-46H2,1-2H3,(H,55,58)/b7-5-,13-11-,16-15-,19-18-,22-21-. The number of carbonyl (C=O) groups is 1. The maximum atomic E-state index is 13.0. The van der Waals surface area contributed by atoms with Crippen LogP contribution >= 0.6 is 0 Å². The first kappa shape index (κ1) is 58.9. The van der Waals surface area contributed by atoms with Crippen molar-refractivity contribution < 1.29 is 39.8 Å². The van der Waals surface area contributed by atoms with Crippen molar-refractivity contribution in [1.82, 2.24) is 5.32 Å². The van der Waals surface area contributed by atoms with Gasteiger partial charge in [-0.25, -0.2) is 0 Å². The van der Waals surface area contributed by atoms with Crippen LogP contribution in [0.4, 0.5) is 0 Å². The summed E-state index contributed by atoms with van der Waals surface area (Å²) in [5, 5.41) is 54.3. The van der Waals surface area contributed by atoms with Gasteiger partial charge in [-0.1, -0.05) is 216 Å². The maximum absolute atomic E-state index is 13.0. The molecule has 0 saturated carbocycles.